The van der Waals surface area contributed by atoms with Gasteiger partial charge in [0.05, 0.1) is 12.2 Å². The molecule has 0 rings (SSSR count). The number of hydrogen-bond donors (Lipinski definition) is 2. The zero-order chi connectivity index (χ0) is 16.5. The summed E-state index contributed by atoms with van der Waals surface area (Å²) in [6.45, 7) is 4.44. The molecule has 0 aromatic heterocycles. The van der Waals surface area contributed by atoms with Crippen molar-refractivity contribution in [3.05, 3.63) is 0 Å². The van der Waals surface area contributed by atoms with Crippen molar-refractivity contribution in [3.63, 3.8) is 0 Å². The average Bonchev–Trinajstić information content (AvgIpc) is 2.51. The molecule has 2 heteroatoms. The van der Waals surface area contributed by atoms with Gasteiger partial charge >= 0.3 is 0 Å². The van der Waals surface area contributed by atoms with Crippen LogP contribution in [0.5, 0.6) is 0 Å². The molecule has 0 aliphatic heterocycles. The van der Waals surface area contributed by atoms with Crippen LogP contribution in [0.4, 0.5) is 0 Å². The summed E-state index contributed by atoms with van der Waals surface area (Å²) in [5.74, 6) is 0. The molecule has 0 saturated heterocycles. The minimum Gasteiger partial charge on any atom is -0.393 e. The minimum absolute atomic E-state index is 0.203. The van der Waals surface area contributed by atoms with Gasteiger partial charge in [0.1, 0.15) is 0 Å². The van der Waals surface area contributed by atoms with E-state index in [1.165, 1.54) is 64.2 Å². The number of rotatable bonds is 17. The Morgan fingerprint density at radius 2 is 0.773 bits per heavy atom. The molecule has 0 aliphatic rings. The van der Waals surface area contributed by atoms with E-state index in [4.69, 9.17) is 0 Å². The van der Waals surface area contributed by atoms with Crippen molar-refractivity contribution in [3.8, 4) is 0 Å². The summed E-state index contributed by atoms with van der Waals surface area (Å²) < 4.78 is 0. The fourth-order valence-corrected chi connectivity index (χ4v) is 2.99. The summed E-state index contributed by atoms with van der Waals surface area (Å²) in [4.78, 5) is 0. The third kappa shape index (κ3) is 16.3. The van der Waals surface area contributed by atoms with E-state index in [0.29, 0.717) is 0 Å². The van der Waals surface area contributed by atoms with Gasteiger partial charge in [0.2, 0.25) is 0 Å². The molecule has 2 atom stereocenters. The lowest BCUT2D eigenvalue weighted by atomic mass is 10.0. The molecule has 2 unspecified atom stereocenters. The van der Waals surface area contributed by atoms with Gasteiger partial charge in [-0.15, -0.1) is 0 Å². The fourth-order valence-electron chi connectivity index (χ4n) is 2.99. The van der Waals surface area contributed by atoms with Gasteiger partial charge in [0, 0.05) is 0 Å². The Morgan fingerprint density at radius 1 is 0.455 bits per heavy atom. The maximum atomic E-state index is 9.96. The monoisotopic (exact) mass is 314 g/mol. The third-order valence-corrected chi connectivity index (χ3v) is 4.61. The molecule has 0 amide bonds. The second-order valence-corrected chi connectivity index (χ2v) is 7.00. The third-order valence-electron chi connectivity index (χ3n) is 4.61. The fraction of sp³-hybridized carbons (Fsp3) is 1.00. The predicted molar refractivity (Wildman–Crippen MR) is 97.2 cm³/mol. The van der Waals surface area contributed by atoms with Crippen molar-refractivity contribution in [2.75, 3.05) is 0 Å². The molecule has 0 aliphatic carbocycles. The number of aliphatic hydroxyl groups excluding tert-OH is 2. The van der Waals surface area contributed by atoms with Crippen molar-refractivity contribution in [2.24, 2.45) is 0 Å². The smallest absolute Gasteiger partial charge is 0.0541 e. The van der Waals surface area contributed by atoms with Crippen molar-refractivity contribution >= 4 is 0 Å². The molecule has 0 heterocycles. The van der Waals surface area contributed by atoms with Crippen LogP contribution in [0, 0.1) is 0 Å². The molecule has 2 nitrogen and oxygen atoms in total. The van der Waals surface area contributed by atoms with Crippen molar-refractivity contribution in [1.82, 2.24) is 0 Å². The van der Waals surface area contributed by atoms with E-state index >= 15 is 0 Å². The number of unbranched alkanes of at least 4 members (excludes halogenated alkanes) is 10. The highest BCUT2D eigenvalue weighted by atomic mass is 16.3. The summed E-state index contributed by atoms with van der Waals surface area (Å²) in [5, 5.41) is 19.8. The molecule has 0 bridgehead atoms. The summed E-state index contributed by atoms with van der Waals surface area (Å²) >= 11 is 0. The topological polar surface area (TPSA) is 40.5 Å². The summed E-state index contributed by atoms with van der Waals surface area (Å²) in [6, 6.07) is 0. The van der Waals surface area contributed by atoms with E-state index < -0.39 is 0 Å². The Labute approximate surface area is 139 Å². The van der Waals surface area contributed by atoms with E-state index in [2.05, 4.69) is 13.8 Å². The van der Waals surface area contributed by atoms with Crippen LogP contribution in [-0.4, -0.2) is 22.4 Å². The van der Waals surface area contributed by atoms with E-state index in [-0.39, 0.29) is 12.2 Å². The second kappa shape index (κ2) is 17.3. The number of hydrogen-bond acceptors (Lipinski definition) is 2. The second-order valence-electron chi connectivity index (χ2n) is 7.00. The van der Waals surface area contributed by atoms with Crippen LogP contribution in [-0.2, 0) is 0 Å². The highest BCUT2D eigenvalue weighted by Gasteiger charge is 2.09. The SMILES string of the molecule is CCCCCCCCCCCC(O)CCC(O)CCCCC. The van der Waals surface area contributed by atoms with Crippen LogP contribution in [0.2, 0.25) is 0 Å². The van der Waals surface area contributed by atoms with Gasteiger partial charge in [-0.3, -0.25) is 0 Å². The van der Waals surface area contributed by atoms with Crippen LogP contribution in [0.25, 0.3) is 0 Å². The number of aliphatic hydroxyl groups is 2. The van der Waals surface area contributed by atoms with Gasteiger partial charge in [-0.05, 0) is 25.7 Å². The maximum Gasteiger partial charge on any atom is 0.0541 e. The Bertz CT molecular complexity index is 206. The summed E-state index contributed by atoms with van der Waals surface area (Å²) in [6.07, 6.45) is 18.4. The molecule has 0 fully saturated rings. The van der Waals surface area contributed by atoms with E-state index in [9.17, 15) is 10.2 Å². The lowest BCUT2D eigenvalue weighted by Crippen LogP contribution is -2.13. The molecular formula is C20H42O2. The first-order valence-corrected chi connectivity index (χ1v) is 10.1. The van der Waals surface area contributed by atoms with Crippen LogP contribution in [0.15, 0.2) is 0 Å². The van der Waals surface area contributed by atoms with Crippen LogP contribution in [0.1, 0.15) is 117 Å². The maximum absolute atomic E-state index is 9.96. The van der Waals surface area contributed by atoms with Crippen LogP contribution >= 0.6 is 0 Å². The Kier molecular flexibility index (Phi) is 17.2. The zero-order valence-corrected chi connectivity index (χ0v) is 15.4. The Hall–Kier alpha value is -0.0800. The molecule has 134 valence electrons. The average molecular weight is 315 g/mol. The molecule has 0 saturated carbocycles. The van der Waals surface area contributed by atoms with E-state index in [1.807, 2.05) is 0 Å². The van der Waals surface area contributed by atoms with Crippen LogP contribution < -0.4 is 0 Å². The van der Waals surface area contributed by atoms with Gasteiger partial charge in [-0.1, -0.05) is 90.9 Å². The Balaban J connectivity index is 3.26. The first-order valence-electron chi connectivity index (χ1n) is 10.1. The lowest BCUT2D eigenvalue weighted by Gasteiger charge is -2.14. The standard InChI is InChI=1S/C20H42O2/c1-3-5-7-8-9-10-11-12-14-16-20(22)18-17-19(21)15-13-6-4-2/h19-22H,3-18H2,1-2H3. The van der Waals surface area contributed by atoms with E-state index in [1.54, 1.807) is 0 Å². The highest BCUT2D eigenvalue weighted by molar-refractivity contribution is 4.62. The van der Waals surface area contributed by atoms with Gasteiger partial charge in [0.25, 0.3) is 0 Å². The summed E-state index contributed by atoms with van der Waals surface area (Å²) in [5.41, 5.74) is 0. The molecule has 22 heavy (non-hydrogen) atoms. The first kappa shape index (κ1) is 21.9. The Morgan fingerprint density at radius 3 is 1.23 bits per heavy atom. The molecule has 0 aromatic rings. The molecule has 0 radical (unpaired) electrons. The van der Waals surface area contributed by atoms with E-state index in [0.717, 1.165) is 38.5 Å². The van der Waals surface area contributed by atoms with Gasteiger partial charge in [0.15, 0.2) is 0 Å². The largest absolute Gasteiger partial charge is 0.393 e. The van der Waals surface area contributed by atoms with Crippen molar-refractivity contribution in [2.45, 2.75) is 129 Å². The van der Waals surface area contributed by atoms with Crippen molar-refractivity contribution in [1.29, 1.82) is 0 Å². The minimum atomic E-state index is -0.204. The highest BCUT2D eigenvalue weighted by Crippen LogP contribution is 2.15. The molecule has 0 aromatic carbocycles. The lowest BCUT2D eigenvalue weighted by molar-refractivity contribution is 0.101. The van der Waals surface area contributed by atoms with Gasteiger partial charge < -0.3 is 10.2 Å². The molecule has 0 spiro atoms. The normalized spacial score (nSPS) is 14.2. The summed E-state index contributed by atoms with van der Waals surface area (Å²) in [7, 11) is 0. The van der Waals surface area contributed by atoms with Crippen LogP contribution in [0.3, 0.4) is 0 Å². The molecular weight excluding hydrogens is 272 g/mol. The van der Waals surface area contributed by atoms with Gasteiger partial charge in [-0.2, -0.15) is 0 Å². The zero-order valence-electron chi connectivity index (χ0n) is 15.4. The predicted octanol–water partition coefficient (Wildman–Crippen LogP) is 5.99. The molecule has 2 N–H and O–H groups in total. The van der Waals surface area contributed by atoms with Gasteiger partial charge in [-0.25, -0.2) is 0 Å². The van der Waals surface area contributed by atoms with Crippen molar-refractivity contribution < 1.29 is 10.2 Å². The first-order chi connectivity index (χ1) is 10.7. The quantitative estimate of drug-likeness (QED) is 0.324.